The van der Waals surface area contributed by atoms with Crippen molar-refractivity contribution in [1.29, 1.82) is 0 Å². The maximum atomic E-state index is 6.81. The maximum absolute atomic E-state index is 6.81. The van der Waals surface area contributed by atoms with E-state index in [2.05, 4.69) is 13.5 Å². The first-order valence-electron chi connectivity index (χ1n) is 13.3. The van der Waals surface area contributed by atoms with Gasteiger partial charge in [-0.25, -0.2) is 0 Å². The van der Waals surface area contributed by atoms with Crippen LogP contribution in [0.5, 0.6) is 0 Å². The minimum absolute atomic E-state index is 0.127. The van der Waals surface area contributed by atoms with E-state index in [1.807, 2.05) is 0 Å². The van der Waals surface area contributed by atoms with E-state index in [0.717, 1.165) is 32.2 Å². The molecule has 2 atom stereocenters. The molecule has 1 aliphatic heterocycles. The highest BCUT2D eigenvalue weighted by atomic mass is 16.6. The Balaban J connectivity index is 1.76. The van der Waals surface area contributed by atoms with Gasteiger partial charge in [-0.3, -0.25) is 0 Å². The number of hydrogen-bond donors (Lipinski definition) is 0. The van der Waals surface area contributed by atoms with Gasteiger partial charge in [0.2, 0.25) is 0 Å². The van der Waals surface area contributed by atoms with E-state index < -0.39 is 0 Å². The fraction of sp³-hybridized carbons (Fsp3) is 0.926. The summed E-state index contributed by atoms with van der Waals surface area (Å²) in [4.78, 5) is 0. The molecular weight excluding hydrogens is 372 g/mol. The van der Waals surface area contributed by atoms with Crippen LogP contribution in [0.2, 0.25) is 0 Å². The molecule has 0 spiro atoms. The van der Waals surface area contributed by atoms with Crippen LogP contribution < -0.4 is 0 Å². The second-order valence-corrected chi connectivity index (χ2v) is 9.74. The Hall–Kier alpha value is -0.540. The molecule has 30 heavy (non-hydrogen) atoms. The quantitative estimate of drug-likeness (QED) is 0.113. The van der Waals surface area contributed by atoms with Gasteiger partial charge in [0.25, 0.3) is 0 Å². The van der Waals surface area contributed by atoms with Gasteiger partial charge in [0, 0.05) is 0 Å². The van der Waals surface area contributed by atoms with Crippen molar-refractivity contribution < 1.29 is 14.2 Å². The highest BCUT2D eigenvalue weighted by molar-refractivity contribution is 4.91. The highest BCUT2D eigenvalue weighted by Gasteiger charge is 2.40. The fourth-order valence-corrected chi connectivity index (χ4v) is 5.28. The molecule has 0 aromatic carbocycles. The van der Waals surface area contributed by atoms with Gasteiger partial charge >= 0.3 is 0 Å². The number of unbranched alkanes of at least 4 members (excludes halogenated alkanes) is 9. The summed E-state index contributed by atoms with van der Waals surface area (Å²) in [7, 11) is 0. The van der Waals surface area contributed by atoms with Gasteiger partial charge in [-0.05, 0) is 38.0 Å². The molecule has 1 saturated carbocycles. The van der Waals surface area contributed by atoms with Gasteiger partial charge in [-0.1, -0.05) is 97.0 Å². The van der Waals surface area contributed by atoms with Gasteiger partial charge in [-0.15, -0.1) is 0 Å². The molecule has 2 aliphatic rings. The van der Waals surface area contributed by atoms with E-state index >= 15 is 0 Å². The third-order valence-corrected chi connectivity index (χ3v) is 7.24. The molecule has 3 heteroatoms. The average molecular weight is 423 g/mol. The molecule has 3 nitrogen and oxygen atoms in total. The molecule has 2 rings (SSSR count). The smallest absolute Gasteiger partial charge is 0.104 e. The highest BCUT2D eigenvalue weighted by Crippen LogP contribution is 2.42. The number of rotatable bonds is 20. The van der Waals surface area contributed by atoms with Gasteiger partial charge in [0.1, 0.15) is 6.10 Å². The maximum Gasteiger partial charge on any atom is 0.104 e. The SMILES string of the molecule is C=COCCCCCCCCCC(CCCCCC)(OCC1CO1)C1CCCCC1. The van der Waals surface area contributed by atoms with Crippen molar-refractivity contribution in [1.82, 2.24) is 0 Å². The van der Waals surface area contributed by atoms with Crippen molar-refractivity contribution in [2.75, 3.05) is 19.8 Å². The molecule has 0 amide bonds. The standard InChI is InChI=1S/C27H50O3/c1-3-5-6-15-20-27(30-24-26-23-29-26,25-18-13-12-14-19-25)21-16-10-8-7-9-11-17-22-28-4-2/h4,25-26H,2-3,5-24H2,1H3. The first kappa shape index (κ1) is 25.7. The average Bonchev–Trinajstić information content (AvgIpc) is 3.61. The third-order valence-electron chi connectivity index (χ3n) is 7.24. The first-order chi connectivity index (χ1) is 14.8. The molecule has 2 unspecified atom stereocenters. The molecule has 0 radical (unpaired) electrons. The lowest BCUT2D eigenvalue weighted by Gasteiger charge is -2.43. The summed E-state index contributed by atoms with van der Waals surface area (Å²) in [5, 5.41) is 0. The molecule has 1 heterocycles. The van der Waals surface area contributed by atoms with Crippen LogP contribution in [0.15, 0.2) is 12.8 Å². The Morgan fingerprint density at radius 2 is 1.47 bits per heavy atom. The number of hydrogen-bond acceptors (Lipinski definition) is 3. The largest absolute Gasteiger partial charge is 0.502 e. The normalized spacial score (nSPS) is 21.3. The summed E-state index contributed by atoms with van der Waals surface area (Å²) < 4.78 is 17.5. The van der Waals surface area contributed by atoms with Gasteiger partial charge in [-0.2, -0.15) is 0 Å². The van der Waals surface area contributed by atoms with Crippen LogP contribution in [-0.2, 0) is 14.2 Å². The van der Waals surface area contributed by atoms with Crippen LogP contribution in [0, 0.1) is 5.92 Å². The predicted molar refractivity (Wildman–Crippen MR) is 127 cm³/mol. The van der Waals surface area contributed by atoms with Crippen molar-refractivity contribution in [3.8, 4) is 0 Å². The topological polar surface area (TPSA) is 31.0 Å². The molecule has 0 aromatic rings. The molecule has 176 valence electrons. The lowest BCUT2D eigenvalue weighted by molar-refractivity contribution is -0.114. The molecule has 0 aromatic heterocycles. The first-order valence-corrected chi connectivity index (χ1v) is 13.3. The molecule has 2 fully saturated rings. The van der Waals surface area contributed by atoms with Crippen molar-refractivity contribution in [3.05, 3.63) is 12.8 Å². The van der Waals surface area contributed by atoms with E-state index in [1.54, 1.807) is 6.26 Å². The summed E-state index contributed by atoms with van der Waals surface area (Å²) >= 11 is 0. The zero-order valence-corrected chi connectivity index (χ0v) is 20.0. The lowest BCUT2D eigenvalue weighted by atomic mass is 9.71. The van der Waals surface area contributed by atoms with Crippen molar-refractivity contribution in [2.45, 2.75) is 134 Å². The van der Waals surface area contributed by atoms with Crippen LogP contribution in [0.4, 0.5) is 0 Å². The van der Waals surface area contributed by atoms with E-state index in [9.17, 15) is 0 Å². The predicted octanol–water partition coefficient (Wildman–Crippen LogP) is 7.97. The van der Waals surface area contributed by atoms with E-state index in [0.29, 0.717) is 6.10 Å². The summed E-state index contributed by atoms with van der Waals surface area (Å²) in [6.07, 6.45) is 26.0. The van der Waals surface area contributed by atoms with E-state index in [-0.39, 0.29) is 5.60 Å². The van der Waals surface area contributed by atoms with Crippen LogP contribution in [0.1, 0.15) is 122 Å². The van der Waals surface area contributed by atoms with Crippen LogP contribution in [0.25, 0.3) is 0 Å². The number of epoxide rings is 1. The van der Waals surface area contributed by atoms with Crippen LogP contribution in [0.3, 0.4) is 0 Å². The zero-order valence-electron chi connectivity index (χ0n) is 20.0. The van der Waals surface area contributed by atoms with Crippen molar-refractivity contribution in [2.24, 2.45) is 5.92 Å². The summed E-state index contributed by atoms with van der Waals surface area (Å²) in [6.45, 7) is 8.47. The fourth-order valence-electron chi connectivity index (χ4n) is 5.28. The molecule has 0 N–H and O–H groups in total. The Bertz CT molecular complexity index is 414. The van der Waals surface area contributed by atoms with Crippen molar-refractivity contribution >= 4 is 0 Å². The van der Waals surface area contributed by atoms with E-state index in [1.165, 1.54) is 109 Å². The Labute approximate surface area is 187 Å². The van der Waals surface area contributed by atoms with Crippen molar-refractivity contribution in [3.63, 3.8) is 0 Å². The summed E-state index contributed by atoms with van der Waals surface area (Å²) in [5.74, 6) is 0.775. The van der Waals surface area contributed by atoms with Gasteiger partial charge < -0.3 is 14.2 Å². The minimum atomic E-state index is 0.127. The number of ether oxygens (including phenoxy) is 3. The monoisotopic (exact) mass is 422 g/mol. The van der Waals surface area contributed by atoms with Gasteiger partial charge in [0.15, 0.2) is 0 Å². The molecule has 0 bridgehead atoms. The molecule has 1 aliphatic carbocycles. The lowest BCUT2D eigenvalue weighted by Crippen LogP contribution is -2.43. The molecule has 1 saturated heterocycles. The van der Waals surface area contributed by atoms with Gasteiger partial charge in [0.05, 0.1) is 31.7 Å². The van der Waals surface area contributed by atoms with Crippen LogP contribution in [-0.4, -0.2) is 31.5 Å². The second-order valence-electron chi connectivity index (χ2n) is 9.74. The Morgan fingerprint density at radius 3 is 2.07 bits per heavy atom. The minimum Gasteiger partial charge on any atom is -0.502 e. The van der Waals surface area contributed by atoms with Crippen LogP contribution >= 0.6 is 0 Å². The third kappa shape index (κ3) is 10.7. The zero-order chi connectivity index (χ0) is 21.3. The Kier molecular flexibility index (Phi) is 13.8. The van der Waals surface area contributed by atoms with E-state index in [4.69, 9.17) is 14.2 Å². The second kappa shape index (κ2) is 16.1. The molecular formula is C27H50O3. The Morgan fingerprint density at radius 1 is 0.867 bits per heavy atom. The summed E-state index contributed by atoms with van der Waals surface area (Å²) in [6, 6.07) is 0. The summed E-state index contributed by atoms with van der Waals surface area (Å²) in [5.41, 5.74) is 0.127.